The van der Waals surface area contributed by atoms with Gasteiger partial charge in [-0.05, 0) is 30.3 Å². The summed E-state index contributed by atoms with van der Waals surface area (Å²) in [5, 5.41) is 13.0. The first kappa shape index (κ1) is 15.0. The van der Waals surface area contributed by atoms with Gasteiger partial charge in [0.25, 0.3) is 0 Å². The summed E-state index contributed by atoms with van der Waals surface area (Å²) in [7, 11) is 0. The Labute approximate surface area is 134 Å². The van der Waals surface area contributed by atoms with Gasteiger partial charge in [0.2, 0.25) is 5.88 Å². The topological polar surface area (TPSA) is 77.2 Å². The maximum atomic E-state index is 13.6. The molecule has 2 aromatic heterocycles. The van der Waals surface area contributed by atoms with Crippen molar-refractivity contribution in [3.63, 3.8) is 0 Å². The predicted molar refractivity (Wildman–Crippen MR) is 80.4 cm³/mol. The van der Waals surface area contributed by atoms with Crippen LogP contribution >= 0.6 is 11.6 Å². The van der Waals surface area contributed by atoms with E-state index in [1.54, 1.807) is 24.4 Å². The Morgan fingerprint density at radius 1 is 1.30 bits per heavy atom. The molecule has 2 heterocycles. The Morgan fingerprint density at radius 3 is 2.78 bits per heavy atom. The average Bonchev–Trinajstić information content (AvgIpc) is 2.90. The fraction of sp³-hybridized carbons (Fsp3) is 0. The number of nitrogens with zero attached hydrogens (tertiary/aromatic N) is 3. The first-order valence-corrected chi connectivity index (χ1v) is 6.78. The van der Waals surface area contributed by atoms with Gasteiger partial charge < -0.3 is 9.84 Å². The van der Waals surface area contributed by atoms with Crippen LogP contribution in [0.4, 0.5) is 9.18 Å². The van der Waals surface area contributed by atoms with Gasteiger partial charge >= 0.3 is 6.16 Å². The van der Waals surface area contributed by atoms with Crippen LogP contribution in [0.5, 0.6) is 5.88 Å². The van der Waals surface area contributed by atoms with Crippen LogP contribution in [0.2, 0.25) is 5.02 Å². The summed E-state index contributed by atoms with van der Waals surface area (Å²) >= 11 is 5.88. The number of rotatable bonds is 3. The molecule has 0 saturated carbocycles. The van der Waals surface area contributed by atoms with Gasteiger partial charge in [0.05, 0.1) is 17.6 Å². The summed E-state index contributed by atoms with van der Waals surface area (Å²) in [6.45, 7) is 0. The molecule has 0 bridgehead atoms. The van der Waals surface area contributed by atoms with Gasteiger partial charge in [-0.1, -0.05) is 11.6 Å². The van der Waals surface area contributed by atoms with E-state index in [4.69, 9.17) is 16.7 Å². The predicted octanol–water partition coefficient (Wildman–Crippen LogP) is 3.78. The molecule has 0 aliphatic rings. The van der Waals surface area contributed by atoms with Crippen LogP contribution in [-0.2, 0) is 0 Å². The highest BCUT2D eigenvalue weighted by molar-refractivity contribution is 6.30. The molecule has 0 aliphatic heterocycles. The molecule has 0 fully saturated rings. The molecular weight excluding hydrogens is 325 g/mol. The van der Waals surface area contributed by atoms with Gasteiger partial charge in [0.15, 0.2) is 0 Å². The minimum Gasteiger partial charge on any atom is -0.449 e. The number of carboxylic acid groups (broad SMARTS) is 1. The second-order valence-corrected chi connectivity index (χ2v) is 4.95. The molecule has 0 saturated heterocycles. The first-order valence-electron chi connectivity index (χ1n) is 6.40. The molecule has 0 atom stereocenters. The van der Waals surface area contributed by atoms with Crippen molar-refractivity contribution >= 4 is 17.8 Å². The summed E-state index contributed by atoms with van der Waals surface area (Å²) in [5.41, 5.74) is 1.39. The molecule has 0 unspecified atom stereocenters. The fourth-order valence-corrected chi connectivity index (χ4v) is 2.30. The Hall–Kier alpha value is -2.93. The van der Waals surface area contributed by atoms with Crippen LogP contribution in [0.3, 0.4) is 0 Å². The third kappa shape index (κ3) is 3.29. The van der Waals surface area contributed by atoms with E-state index in [-0.39, 0.29) is 10.9 Å². The van der Waals surface area contributed by atoms with Gasteiger partial charge in [-0.15, -0.1) is 5.10 Å². The van der Waals surface area contributed by atoms with Crippen LogP contribution in [0, 0.1) is 5.82 Å². The SMILES string of the molecule is O=C(O)Oc1cc(-c2cc(F)cc(Cl)c2)n(-c2cccnc2)n1. The zero-order valence-electron chi connectivity index (χ0n) is 11.5. The maximum absolute atomic E-state index is 13.6. The second kappa shape index (κ2) is 6.05. The largest absolute Gasteiger partial charge is 0.512 e. The number of pyridine rings is 1. The molecule has 0 radical (unpaired) electrons. The lowest BCUT2D eigenvalue weighted by atomic mass is 10.1. The standard InChI is InChI=1S/C15H9ClFN3O3/c16-10-4-9(5-11(17)6-10)13-7-14(23-15(21)22)19-20(13)12-2-1-3-18-8-12/h1-8H,(H,21,22). The van der Waals surface area contributed by atoms with E-state index in [9.17, 15) is 9.18 Å². The van der Waals surface area contributed by atoms with Gasteiger partial charge in [-0.3, -0.25) is 4.98 Å². The molecule has 0 spiro atoms. The molecular formula is C15H9ClFN3O3. The van der Waals surface area contributed by atoms with Crippen molar-refractivity contribution in [1.29, 1.82) is 0 Å². The average molecular weight is 334 g/mol. The van der Waals surface area contributed by atoms with Crippen molar-refractivity contribution in [2.45, 2.75) is 0 Å². The Morgan fingerprint density at radius 2 is 2.13 bits per heavy atom. The van der Waals surface area contributed by atoms with Gasteiger partial charge in [0, 0.05) is 22.8 Å². The van der Waals surface area contributed by atoms with E-state index in [1.165, 1.54) is 29.1 Å². The maximum Gasteiger partial charge on any atom is 0.512 e. The fourth-order valence-electron chi connectivity index (χ4n) is 2.08. The van der Waals surface area contributed by atoms with Crippen LogP contribution in [-0.4, -0.2) is 26.0 Å². The van der Waals surface area contributed by atoms with E-state index in [0.717, 1.165) is 0 Å². The van der Waals surface area contributed by atoms with Crippen molar-refractivity contribution in [1.82, 2.24) is 14.8 Å². The normalized spacial score (nSPS) is 10.5. The number of benzene rings is 1. The summed E-state index contributed by atoms with van der Waals surface area (Å²) in [6, 6.07) is 8.77. The molecule has 8 heteroatoms. The van der Waals surface area contributed by atoms with Crippen LogP contribution in [0.15, 0.2) is 48.8 Å². The lowest BCUT2D eigenvalue weighted by Crippen LogP contribution is -2.04. The van der Waals surface area contributed by atoms with Crippen molar-refractivity contribution in [3.8, 4) is 22.8 Å². The lowest BCUT2D eigenvalue weighted by molar-refractivity contribution is 0.142. The van der Waals surface area contributed by atoms with Gasteiger partial charge in [-0.25, -0.2) is 13.9 Å². The van der Waals surface area contributed by atoms with E-state index in [0.29, 0.717) is 16.9 Å². The highest BCUT2D eigenvalue weighted by atomic mass is 35.5. The van der Waals surface area contributed by atoms with Crippen LogP contribution in [0.25, 0.3) is 16.9 Å². The summed E-state index contributed by atoms with van der Waals surface area (Å²) < 4.78 is 19.6. The van der Waals surface area contributed by atoms with E-state index >= 15 is 0 Å². The zero-order valence-corrected chi connectivity index (χ0v) is 12.2. The number of halogens is 2. The summed E-state index contributed by atoms with van der Waals surface area (Å²) in [4.78, 5) is 14.7. The molecule has 1 aromatic carbocycles. The molecule has 1 N–H and O–H groups in total. The van der Waals surface area contributed by atoms with E-state index in [1.807, 2.05) is 0 Å². The number of hydrogen-bond donors (Lipinski definition) is 1. The Balaban J connectivity index is 2.17. The monoisotopic (exact) mass is 333 g/mol. The minimum absolute atomic E-state index is 0.142. The first-order chi connectivity index (χ1) is 11.0. The third-order valence-electron chi connectivity index (χ3n) is 2.93. The highest BCUT2D eigenvalue weighted by Crippen LogP contribution is 2.29. The van der Waals surface area contributed by atoms with Crippen molar-refractivity contribution in [2.24, 2.45) is 0 Å². The third-order valence-corrected chi connectivity index (χ3v) is 3.15. The molecule has 0 amide bonds. The van der Waals surface area contributed by atoms with Crippen LogP contribution < -0.4 is 4.74 Å². The van der Waals surface area contributed by atoms with E-state index < -0.39 is 12.0 Å². The van der Waals surface area contributed by atoms with Gasteiger partial charge in [0.1, 0.15) is 5.82 Å². The highest BCUT2D eigenvalue weighted by Gasteiger charge is 2.16. The number of carbonyl (C=O) groups is 1. The lowest BCUT2D eigenvalue weighted by Gasteiger charge is -2.07. The van der Waals surface area contributed by atoms with E-state index in [2.05, 4.69) is 14.8 Å². The molecule has 0 aliphatic carbocycles. The van der Waals surface area contributed by atoms with Crippen molar-refractivity contribution in [3.05, 3.63) is 59.6 Å². The number of hydrogen-bond acceptors (Lipinski definition) is 4. The van der Waals surface area contributed by atoms with Crippen molar-refractivity contribution in [2.75, 3.05) is 0 Å². The number of ether oxygens (including phenoxy) is 1. The van der Waals surface area contributed by atoms with Gasteiger partial charge in [-0.2, -0.15) is 0 Å². The molecule has 3 rings (SSSR count). The molecule has 6 nitrogen and oxygen atoms in total. The Bertz CT molecular complexity index is 847. The summed E-state index contributed by atoms with van der Waals surface area (Å²) in [6.07, 6.45) is 1.62. The molecule has 3 aromatic rings. The zero-order chi connectivity index (χ0) is 16.4. The summed E-state index contributed by atoms with van der Waals surface area (Å²) in [5.74, 6) is -0.663. The quantitative estimate of drug-likeness (QED) is 0.738. The van der Waals surface area contributed by atoms with Crippen molar-refractivity contribution < 1.29 is 19.0 Å². The number of aromatic nitrogens is 3. The van der Waals surface area contributed by atoms with Crippen LogP contribution in [0.1, 0.15) is 0 Å². The molecule has 23 heavy (non-hydrogen) atoms. The smallest absolute Gasteiger partial charge is 0.449 e. The second-order valence-electron chi connectivity index (χ2n) is 4.52. The Kier molecular flexibility index (Phi) is 3.94. The molecule has 116 valence electrons. The minimum atomic E-state index is -1.50.